The smallest absolute Gasteiger partial charge is 0.282 e. The minimum absolute atomic E-state index is 0.0102. The molecule has 3 aromatic heterocycles. The van der Waals surface area contributed by atoms with Crippen LogP contribution in [-0.4, -0.2) is 62.4 Å². The predicted octanol–water partition coefficient (Wildman–Crippen LogP) is 2.83. The highest BCUT2D eigenvalue weighted by Gasteiger charge is 2.39. The quantitative estimate of drug-likeness (QED) is 0.668. The van der Waals surface area contributed by atoms with E-state index in [1.807, 2.05) is 13.8 Å². The van der Waals surface area contributed by atoms with Gasteiger partial charge in [0, 0.05) is 36.4 Å². The lowest BCUT2D eigenvalue weighted by molar-refractivity contribution is 0.0340. The van der Waals surface area contributed by atoms with E-state index in [1.54, 1.807) is 6.92 Å². The molecule has 3 aromatic rings. The summed E-state index contributed by atoms with van der Waals surface area (Å²) in [4.78, 5) is 24.7. The minimum atomic E-state index is -0.219. The SMILES string of the molecule is Cc1nn(C(=O)c2c(C)oc3ncnc(NC4(C)CC4)c23)c(C)c1CN1CCOCC1. The molecular weight excluding hydrogens is 396 g/mol. The number of aromatic nitrogens is 4. The van der Waals surface area contributed by atoms with Crippen LogP contribution in [0.1, 0.15) is 52.8 Å². The Labute approximate surface area is 180 Å². The number of nitrogens with one attached hydrogen (secondary N) is 1. The number of carbonyl (C=O) groups is 1. The van der Waals surface area contributed by atoms with Crippen molar-refractivity contribution in [1.82, 2.24) is 24.6 Å². The number of rotatable bonds is 5. The molecule has 164 valence electrons. The van der Waals surface area contributed by atoms with E-state index in [-0.39, 0.29) is 11.4 Å². The van der Waals surface area contributed by atoms with Crippen molar-refractivity contribution in [3.63, 3.8) is 0 Å². The lowest BCUT2D eigenvalue weighted by Gasteiger charge is -2.26. The fourth-order valence-electron chi connectivity index (χ4n) is 4.19. The zero-order chi connectivity index (χ0) is 21.8. The van der Waals surface area contributed by atoms with Gasteiger partial charge in [0.1, 0.15) is 17.9 Å². The number of carbonyl (C=O) groups excluding carboxylic acids is 1. The van der Waals surface area contributed by atoms with Gasteiger partial charge < -0.3 is 14.5 Å². The van der Waals surface area contributed by atoms with Gasteiger partial charge in [-0.05, 0) is 40.5 Å². The van der Waals surface area contributed by atoms with Crippen LogP contribution in [0.3, 0.4) is 0 Å². The third-order valence-corrected chi connectivity index (χ3v) is 6.42. The van der Waals surface area contributed by atoms with Gasteiger partial charge in [-0.3, -0.25) is 9.69 Å². The van der Waals surface area contributed by atoms with E-state index >= 15 is 0 Å². The lowest BCUT2D eigenvalue weighted by Crippen LogP contribution is -2.35. The van der Waals surface area contributed by atoms with Gasteiger partial charge in [0.2, 0.25) is 5.71 Å². The largest absolute Gasteiger partial charge is 0.442 e. The molecule has 1 aliphatic heterocycles. The molecule has 9 heteroatoms. The Hall–Kier alpha value is -2.78. The van der Waals surface area contributed by atoms with Crippen LogP contribution in [0, 0.1) is 20.8 Å². The number of nitrogens with zero attached hydrogens (tertiary/aromatic N) is 5. The Morgan fingerprint density at radius 1 is 1.19 bits per heavy atom. The first-order valence-electron chi connectivity index (χ1n) is 10.8. The summed E-state index contributed by atoms with van der Waals surface area (Å²) < 4.78 is 12.8. The molecule has 0 amide bonds. The summed E-state index contributed by atoms with van der Waals surface area (Å²) in [5, 5.41) is 8.70. The van der Waals surface area contributed by atoms with Crippen LogP contribution in [0.15, 0.2) is 10.7 Å². The topological polar surface area (TPSA) is 98.3 Å². The van der Waals surface area contributed by atoms with Crippen LogP contribution in [0.5, 0.6) is 0 Å². The molecule has 1 saturated heterocycles. The molecule has 0 spiro atoms. The van der Waals surface area contributed by atoms with Crippen LogP contribution >= 0.6 is 0 Å². The van der Waals surface area contributed by atoms with Crippen molar-refractivity contribution in [3.05, 3.63) is 34.6 Å². The van der Waals surface area contributed by atoms with E-state index < -0.39 is 0 Å². The molecule has 1 saturated carbocycles. The van der Waals surface area contributed by atoms with Crippen LogP contribution in [-0.2, 0) is 11.3 Å². The molecule has 9 nitrogen and oxygen atoms in total. The lowest BCUT2D eigenvalue weighted by atomic mass is 10.1. The monoisotopic (exact) mass is 424 g/mol. The number of morpholine rings is 1. The summed E-state index contributed by atoms with van der Waals surface area (Å²) in [7, 11) is 0. The number of anilines is 1. The Bertz CT molecular complexity index is 1150. The second kappa shape index (κ2) is 7.42. The Morgan fingerprint density at radius 3 is 2.65 bits per heavy atom. The molecule has 2 aliphatic rings. The number of hydrogen-bond donors (Lipinski definition) is 1. The average Bonchev–Trinajstić information content (AvgIpc) is 3.27. The minimum Gasteiger partial charge on any atom is -0.442 e. The first-order valence-corrected chi connectivity index (χ1v) is 10.8. The van der Waals surface area contributed by atoms with Crippen LogP contribution in [0.25, 0.3) is 11.1 Å². The highest BCUT2D eigenvalue weighted by molar-refractivity contribution is 6.10. The zero-order valence-electron chi connectivity index (χ0n) is 18.5. The van der Waals surface area contributed by atoms with Gasteiger partial charge in [0.25, 0.3) is 5.91 Å². The average molecular weight is 425 g/mol. The molecule has 31 heavy (non-hydrogen) atoms. The second-order valence-electron chi connectivity index (χ2n) is 8.88. The number of aryl methyl sites for hydroxylation is 2. The van der Waals surface area contributed by atoms with Gasteiger partial charge >= 0.3 is 0 Å². The molecule has 5 rings (SSSR count). The molecule has 1 aliphatic carbocycles. The zero-order valence-corrected chi connectivity index (χ0v) is 18.5. The molecule has 2 fully saturated rings. The first-order chi connectivity index (χ1) is 14.9. The van der Waals surface area contributed by atoms with Gasteiger partial charge in [-0.1, -0.05) is 0 Å². The van der Waals surface area contributed by atoms with E-state index in [2.05, 4.69) is 32.2 Å². The molecular formula is C22H28N6O3. The van der Waals surface area contributed by atoms with E-state index in [0.717, 1.165) is 62.6 Å². The van der Waals surface area contributed by atoms with Crippen LogP contribution in [0.4, 0.5) is 5.82 Å². The third-order valence-electron chi connectivity index (χ3n) is 6.42. The summed E-state index contributed by atoms with van der Waals surface area (Å²) in [6, 6.07) is 0. The maximum absolute atomic E-state index is 13.7. The summed E-state index contributed by atoms with van der Waals surface area (Å²) >= 11 is 0. The van der Waals surface area contributed by atoms with Crippen molar-refractivity contribution < 1.29 is 13.9 Å². The summed E-state index contributed by atoms with van der Waals surface area (Å²) in [5.74, 6) is 0.941. The van der Waals surface area contributed by atoms with Gasteiger partial charge in [0.15, 0.2) is 0 Å². The van der Waals surface area contributed by atoms with Crippen molar-refractivity contribution in [2.75, 3.05) is 31.6 Å². The molecule has 0 aromatic carbocycles. The Morgan fingerprint density at radius 2 is 1.94 bits per heavy atom. The normalized spacial score (nSPS) is 18.5. The highest BCUT2D eigenvalue weighted by atomic mass is 16.5. The van der Waals surface area contributed by atoms with Crippen molar-refractivity contribution in [1.29, 1.82) is 0 Å². The van der Waals surface area contributed by atoms with Gasteiger partial charge in [0.05, 0.1) is 29.9 Å². The van der Waals surface area contributed by atoms with Gasteiger partial charge in [-0.25, -0.2) is 14.6 Å². The fraction of sp³-hybridized carbons (Fsp3) is 0.545. The first kappa shape index (κ1) is 20.1. The van der Waals surface area contributed by atoms with Crippen molar-refractivity contribution in [2.24, 2.45) is 0 Å². The summed E-state index contributed by atoms with van der Waals surface area (Å²) in [6.45, 7) is 11.8. The summed E-state index contributed by atoms with van der Waals surface area (Å²) in [6.07, 6.45) is 3.61. The van der Waals surface area contributed by atoms with E-state index in [9.17, 15) is 4.79 Å². The van der Waals surface area contributed by atoms with Crippen molar-refractivity contribution in [2.45, 2.75) is 52.6 Å². The molecule has 0 unspecified atom stereocenters. The van der Waals surface area contributed by atoms with Crippen molar-refractivity contribution >= 4 is 22.8 Å². The summed E-state index contributed by atoms with van der Waals surface area (Å²) in [5.41, 5.74) is 3.69. The van der Waals surface area contributed by atoms with E-state index in [1.165, 1.54) is 11.0 Å². The Balaban J connectivity index is 1.53. The molecule has 0 atom stereocenters. The number of ether oxygens (including phenoxy) is 1. The van der Waals surface area contributed by atoms with E-state index in [0.29, 0.717) is 28.2 Å². The molecule has 1 N–H and O–H groups in total. The highest BCUT2D eigenvalue weighted by Crippen LogP contribution is 2.40. The molecule has 0 radical (unpaired) electrons. The van der Waals surface area contributed by atoms with Gasteiger partial charge in [-0.2, -0.15) is 5.10 Å². The van der Waals surface area contributed by atoms with Gasteiger partial charge in [-0.15, -0.1) is 0 Å². The fourth-order valence-corrected chi connectivity index (χ4v) is 4.19. The number of fused-ring (bicyclic) bond motifs is 1. The standard InChI is InChI=1S/C22H28N6O3/c1-13-16(11-27-7-9-30-10-8-27)14(2)28(26-13)21(29)17-15(3)31-20-18(17)19(23-12-24-20)25-22(4)5-6-22/h12H,5-11H2,1-4H3,(H,23,24,25). The maximum Gasteiger partial charge on any atom is 0.282 e. The molecule has 0 bridgehead atoms. The van der Waals surface area contributed by atoms with E-state index in [4.69, 9.17) is 9.15 Å². The Kier molecular flexibility index (Phi) is 4.82. The molecule has 4 heterocycles. The van der Waals surface area contributed by atoms with Crippen LogP contribution in [0.2, 0.25) is 0 Å². The maximum atomic E-state index is 13.7. The number of furan rings is 1. The second-order valence-corrected chi connectivity index (χ2v) is 8.88. The third kappa shape index (κ3) is 3.61. The number of hydrogen-bond acceptors (Lipinski definition) is 8. The van der Waals surface area contributed by atoms with Crippen molar-refractivity contribution in [3.8, 4) is 0 Å². The van der Waals surface area contributed by atoms with Crippen LogP contribution < -0.4 is 5.32 Å². The predicted molar refractivity (Wildman–Crippen MR) is 115 cm³/mol.